The number of aromatic nitrogens is 2. The highest BCUT2D eigenvalue weighted by Crippen LogP contribution is 2.25. The van der Waals surface area contributed by atoms with Gasteiger partial charge in [-0.15, -0.1) is 0 Å². The molecular weight excluding hydrogens is 290 g/mol. The normalized spacial score (nSPS) is 10.7. The summed E-state index contributed by atoms with van der Waals surface area (Å²) in [4.78, 5) is 4.36. The van der Waals surface area contributed by atoms with Gasteiger partial charge in [-0.2, -0.15) is 0 Å². The van der Waals surface area contributed by atoms with E-state index in [-0.39, 0.29) is 0 Å². The van der Waals surface area contributed by atoms with Crippen LogP contribution in [0, 0.1) is 13.8 Å². The number of rotatable bonds is 4. The van der Waals surface area contributed by atoms with Gasteiger partial charge in [-0.3, -0.25) is 0 Å². The van der Waals surface area contributed by atoms with E-state index < -0.39 is 0 Å². The second kappa shape index (κ2) is 5.57. The van der Waals surface area contributed by atoms with Crippen LogP contribution in [0.1, 0.15) is 23.9 Å². The molecule has 0 fully saturated rings. The van der Waals surface area contributed by atoms with Gasteiger partial charge in [0.2, 0.25) is 0 Å². The summed E-state index contributed by atoms with van der Waals surface area (Å²) >= 11 is 3.58. The van der Waals surface area contributed by atoms with Crippen molar-refractivity contribution in [3.05, 3.63) is 46.0 Å². The number of hydrogen-bond acceptors (Lipinski definition) is 2. The molecule has 0 spiro atoms. The van der Waals surface area contributed by atoms with Crippen LogP contribution < -0.4 is 5.32 Å². The summed E-state index contributed by atoms with van der Waals surface area (Å²) in [6, 6.07) is 4.30. The number of halogens is 1. The Kier molecular flexibility index (Phi) is 4.07. The summed E-state index contributed by atoms with van der Waals surface area (Å²) in [6.45, 7) is 8.04. The molecule has 0 amide bonds. The third kappa shape index (κ3) is 2.75. The van der Waals surface area contributed by atoms with Gasteiger partial charge in [0.05, 0.1) is 6.54 Å². The quantitative estimate of drug-likeness (QED) is 0.928. The number of hydrogen-bond donors (Lipinski definition) is 1. The number of nitrogens with one attached hydrogen (secondary N) is 1. The SMILES string of the molecule is CCn1ccnc1CNc1cc(C)c(Br)c(C)c1. The molecule has 0 bridgehead atoms. The summed E-state index contributed by atoms with van der Waals surface area (Å²) in [5.74, 6) is 1.07. The highest BCUT2D eigenvalue weighted by molar-refractivity contribution is 9.10. The van der Waals surface area contributed by atoms with E-state index in [0.29, 0.717) is 0 Å². The molecule has 1 aromatic carbocycles. The third-order valence-corrected chi connectivity index (χ3v) is 4.28. The lowest BCUT2D eigenvalue weighted by Gasteiger charge is -2.11. The van der Waals surface area contributed by atoms with E-state index in [1.54, 1.807) is 0 Å². The van der Waals surface area contributed by atoms with Gasteiger partial charge in [0.25, 0.3) is 0 Å². The third-order valence-electron chi connectivity index (χ3n) is 3.03. The highest BCUT2D eigenvalue weighted by Gasteiger charge is 2.04. The number of anilines is 1. The molecule has 4 heteroatoms. The summed E-state index contributed by atoms with van der Waals surface area (Å²) < 4.78 is 3.33. The summed E-state index contributed by atoms with van der Waals surface area (Å²) in [7, 11) is 0. The van der Waals surface area contributed by atoms with Crippen LogP contribution in [0.2, 0.25) is 0 Å². The molecule has 18 heavy (non-hydrogen) atoms. The molecular formula is C14H18BrN3. The molecule has 3 nitrogen and oxygen atoms in total. The first kappa shape index (κ1) is 13.1. The van der Waals surface area contributed by atoms with E-state index in [2.05, 4.69) is 63.7 Å². The zero-order chi connectivity index (χ0) is 13.1. The van der Waals surface area contributed by atoms with Crippen LogP contribution in [0.4, 0.5) is 5.69 Å². The molecule has 0 aliphatic heterocycles. The Morgan fingerprint density at radius 2 is 1.94 bits per heavy atom. The van der Waals surface area contributed by atoms with Crippen molar-refractivity contribution in [1.29, 1.82) is 0 Å². The monoisotopic (exact) mass is 307 g/mol. The zero-order valence-corrected chi connectivity index (χ0v) is 12.6. The van der Waals surface area contributed by atoms with Crippen molar-refractivity contribution in [2.24, 2.45) is 0 Å². The Morgan fingerprint density at radius 1 is 1.28 bits per heavy atom. The minimum atomic E-state index is 0.751. The van der Waals surface area contributed by atoms with Crippen molar-refractivity contribution in [3.8, 4) is 0 Å². The molecule has 1 N–H and O–H groups in total. The maximum absolute atomic E-state index is 4.36. The minimum absolute atomic E-state index is 0.751. The Morgan fingerprint density at radius 3 is 2.56 bits per heavy atom. The lowest BCUT2D eigenvalue weighted by Crippen LogP contribution is -2.07. The average molecular weight is 308 g/mol. The number of nitrogens with zero attached hydrogens (tertiary/aromatic N) is 2. The molecule has 0 radical (unpaired) electrons. The van der Waals surface area contributed by atoms with Crippen LogP contribution in [-0.2, 0) is 13.1 Å². The average Bonchev–Trinajstić information content (AvgIpc) is 2.80. The first-order chi connectivity index (χ1) is 8.61. The second-order valence-electron chi connectivity index (χ2n) is 4.41. The molecule has 96 valence electrons. The second-order valence-corrected chi connectivity index (χ2v) is 5.20. The van der Waals surface area contributed by atoms with Crippen LogP contribution in [-0.4, -0.2) is 9.55 Å². The molecule has 1 aromatic heterocycles. The van der Waals surface area contributed by atoms with Gasteiger partial charge in [-0.25, -0.2) is 4.98 Å². The summed E-state index contributed by atoms with van der Waals surface area (Å²) in [5, 5.41) is 3.43. The molecule has 0 saturated heterocycles. The minimum Gasteiger partial charge on any atom is -0.378 e. The van der Waals surface area contributed by atoms with E-state index in [1.807, 2.05) is 12.4 Å². The van der Waals surface area contributed by atoms with Crippen molar-refractivity contribution in [1.82, 2.24) is 9.55 Å². The standard InChI is InChI=1S/C14H18BrN3/c1-4-18-6-5-16-13(18)9-17-12-7-10(2)14(15)11(3)8-12/h5-8,17H,4,9H2,1-3H3. The Hall–Kier alpha value is -1.29. The van der Waals surface area contributed by atoms with E-state index in [1.165, 1.54) is 15.6 Å². The van der Waals surface area contributed by atoms with Crippen LogP contribution in [0.5, 0.6) is 0 Å². The van der Waals surface area contributed by atoms with E-state index >= 15 is 0 Å². The van der Waals surface area contributed by atoms with Gasteiger partial charge >= 0.3 is 0 Å². The summed E-state index contributed by atoms with van der Waals surface area (Å²) in [6.07, 6.45) is 3.85. The van der Waals surface area contributed by atoms with E-state index in [9.17, 15) is 0 Å². The lowest BCUT2D eigenvalue weighted by atomic mass is 10.1. The van der Waals surface area contributed by atoms with Crippen molar-refractivity contribution in [3.63, 3.8) is 0 Å². The van der Waals surface area contributed by atoms with Crippen LogP contribution in [0.25, 0.3) is 0 Å². The fourth-order valence-electron chi connectivity index (χ4n) is 2.02. The van der Waals surface area contributed by atoms with Gasteiger partial charge in [0, 0.05) is 29.1 Å². The molecule has 2 rings (SSSR count). The fourth-order valence-corrected chi connectivity index (χ4v) is 2.25. The first-order valence-electron chi connectivity index (χ1n) is 6.12. The zero-order valence-electron chi connectivity index (χ0n) is 11.0. The number of benzene rings is 1. The van der Waals surface area contributed by atoms with Crippen molar-refractivity contribution < 1.29 is 0 Å². The van der Waals surface area contributed by atoms with E-state index in [4.69, 9.17) is 0 Å². The molecule has 0 saturated carbocycles. The summed E-state index contributed by atoms with van der Waals surface area (Å²) in [5.41, 5.74) is 3.63. The van der Waals surface area contributed by atoms with Gasteiger partial charge in [-0.05, 0) is 44.0 Å². The maximum atomic E-state index is 4.36. The maximum Gasteiger partial charge on any atom is 0.128 e. The molecule has 0 aliphatic carbocycles. The molecule has 1 heterocycles. The van der Waals surface area contributed by atoms with E-state index in [0.717, 1.165) is 24.6 Å². The van der Waals surface area contributed by atoms with Crippen molar-refractivity contribution in [2.45, 2.75) is 33.9 Å². The van der Waals surface area contributed by atoms with Gasteiger partial charge in [-0.1, -0.05) is 15.9 Å². The fraction of sp³-hybridized carbons (Fsp3) is 0.357. The van der Waals surface area contributed by atoms with Crippen LogP contribution in [0.3, 0.4) is 0 Å². The Bertz CT molecular complexity index is 523. The largest absolute Gasteiger partial charge is 0.378 e. The first-order valence-corrected chi connectivity index (χ1v) is 6.91. The predicted molar refractivity (Wildman–Crippen MR) is 78.8 cm³/mol. The van der Waals surface area contributed by atoms with Crippen molar-refractivity contribution >= 4 is 21.6 Å². The van der Waals surface area contributed by atoms with Crippen LogP contribution >= 0.6 is 15.9 Å². The predicted octanol–water partition coefficient (Wildman–Crippen LogP) is 3.89. The highest BCUT2D eigenvalue weighted by atomic mass is 79.9. The van der Waals surface area contributed by atoms with Crippen LogP contribution in [0.15, 0.2) is 29.0 Å². The van der Waals surface area contributed by atoms with Gasteiger partial charge in [0.15, 0.2) is 0 Å². The number of aryl methyl sites for hydroxylation is 3. The lowest BCUT2D eigenvalue weighted by molar-refractivity contribution is 0.708. The molecule has 0 aliphatic rings. The Balaban J connectivity index is 2.11. The smallest absolute Gasteiger partial charge is 0.128 e. The van der Waals surface area contributed by atoms with Gasteiger partial charge < -0.3 is 9.88 Å². The van der Waals surface area contributed by atoms with Gasteiger partial charge in [0.1, 0.15) is 5.82 Å². The number of imidazole rings is 1. The molecule has 2 aromatic rings. The van der Waals surface area contributed by atoms with Crippen molar-refractivity contribution in [2.75, 3.05) is 5.32 Å². The molecule has 0 atom stereocenters. The topological polar surface area (TPSA) is 29.9 Å². The Labute approximate surface area is 116 Å². The molecule has 0 unspecified atom stereocenters.